The van der Waals surface area contributed by atoms with E-state index < -0.39 is 0 Å². The van der Waals surface area contributed by atoms with Gasteiger partial charge < -0.3 is 0 Å². The highest BCUT2D eigenvalue weighted by Gasteiger charge is 1.83. The van der Waals surface area contributed by atoms with Crippen LogP contribution in [0.3, 0.4) is 0 Å². The lowest BCUT2D eigenvalue weighted by molar-refractivity contribution is 1.52. The molecule has 0 aromatic carbocycles. The largest absolute Gasteiger partial charge is 0.266 e. The predicted molar refractivity (Wildman–Crippen MR) is 41.7 cm³/mol. The first kappa shape index (κ1) is 7.76. The van der Waals surface area contributed by atoms with Crippen LogP contribution >= 0.6 is 11.8 Å². The Morgan fingerprint density at radius 3 is 2.88 bits per heavy atom. The minimum Gasteiger partial charge on any atom is -0.266 e. The molecule has 0 aliphatic rings. The third-order valence-corrected chi connectivity index (χ3v) is 1.37. The normalized spacial score (nSPS) is 11.5. The SMILES string of the molecule is C=CN=C(C)CSC. The monoisotopic (exact) mass is 129 g/mol. The fourth-order valence-electron chi connectivity index (χ4n) is 0.402. The Bertz CT molecular complexity index is 96.7. The second kappa shape index (κ2) is 4.91. The van der Waals surface area contributed by atoms with Gasteiger partial charge in [0.25, 0.3) is 0 Å². The van der Waals surface area contributed by atoms with Crippen molar-refractivity contribution >= 4 is 17.5 Å². The predicted octanol–water partition coefficient (Wildman–Crippen LogP) is 1.95. The number of aliphatic imine (C=N–C) groups is 1. The molecule has 0 spiro atoms. The molecule has 0 aromatic rings. The van der Waals surface area contributed by atoms with Crippen LogP contribution in [-0.4, -0.2) is 17.7 Å². The van der Waals surface area contributed by atoms with E-state index in [2.05, 4.69) is 17.8 Å². The summed E-state index contributed by atoms with van der Waals surface area (Å²) in [7, 11) is 0. The molecule has 0 aliphatic heterocycles. The van der Waals surface area contributed by atoms with Crippen molar-refractivity contribution in [3.63, 3.8) is 0 Å². The van der Waals surface area contributed by atoms with Crippen LogP contribution in [0.2, 0.25) is 0 Å². The Morgan fingerprint density at radius 1 is 1.88 bits per heavy atom. The summed E-state index contributed by atoms with van der Waals surface area (Å²) < 4.78 is 0. The summed E-state index contributed by atoms with van der Waals surface area (Å²) >= 11 is 1.77. The van der Waals surface area contributed by atoms with Crippen molar-refractivity contribution in [2.75, 3.05) is 12.0 Å². The number of rotatable bonds is 3. The summed E-state index contributed by atoms with van der Waals surface area (Å²) in [4.78, 5) is 3.97. The van der Waals surface area contributed by atoms with Gasteiger partial charge in [-0.3, -0.25) is 4.99 Å². The number of thioether (sulfide) groups is 1. The van der Waals surface area contributed by atoms with Crippen molar-refractivity contribution < 1.29 is 0 Å². The fraction of sp³-hybridized carbons (Fsp3) is 0.500. The molecule has 0 saturated carbocycles. The van der Waals surface area contributed by atoms with Crippen LogP contribution in [0, 0.1) is 0 Å². The summed E-state index contributed by atoms with van der Waals surface area (Å²) in [5, 5.41) is 0. The van der Waals surface area contributed by atoms with Gasteiger partial charge in [0.2, 0.25) is 0 Å². The lowest BCUT2D eigenvalue weighted by Gasteiger charge is -1.90. The van der Waals surface area contributed by atoms with E-state index in [4.69, 9.17) is 0 Å². The van der Waals surface area contributed by atoms with E-state index in [0.717, 1.165) is 11.5 Å². The molecule has 0 atom stereocenters. The molecule has 2 heteroatoms. The fourth-order valence-corrected chi connectivity index (χ4v) is 0.894. The van der Waals surface area contributed by atoms with Gasteiger partial charge in [0.1, 0.15) is 0 Å². The van der Waals surface area contributed by atoms with E-state index in [1.165, 1.54) is 0 Å². The zero-order chi connectivity index (χ0) is 6.41. The molecule has 0 heterocycles. The molecule has 0 radical (unpaired) electrons. The van der Waals surface area contributed by atoms with Gasteiger partial charge >= 0.3 is 0 Å². The first-order valence-electron chi connectivity index (χ1n) is 2.44. The van der Waals surface area contributed by atoms with Gasteiger partial charge in [0.05, 0.1) is 0 Å². The lowest BCUT2D eigenvalue weighted by Crippen LogP contribution is -1.91. The van der Waals surface area contributed by atoms with Crippen LogP contribution in [0.5, 0.6) is 0 Å². The molecule has 0 unspecified atom stereocenters. The summed E-state index contributed by atoms with van der Waals surface area (Å²) in [5.74, 6) is 1.01. The molecule has 0 saturated heterocycles. The van der Waals surface area contributed by atoms with Crippen molar-refractivity contribution in [1.29, 1.82) is 0 Å². The van der Waals surface area contributed by atoms with E-state index in [9.17, 15) is 0 Å². The van der Waals surface area contributed by atoms with Crippen LogP contribution < -0.4 is 0 Å². The first-order valence-corrected chi connectivity index (χ1v) is 3.83. The second-order valence-electron chi connectivity index (χ2n) is 1.48. The summed E-state index contributed by atoms with van der Waals surface area (Å²) in [6.45, 7) is 5.48. The van der Waals surface area contributed by atoms with Crippen molar-refractivity contribution in [3.05, 3.63) is 12.8 Å². The first-order chi connectivity index (χ1) is 3.81. The zero-order valence-corrected chi connectivity index (χ0v) is 6.16. The Hall–Kier alpha value is -0.240. The van der Waals surface area contributed by atoms with E-state index in [1.807, 2.05) is 6.92 Å². The summed E-state index contributed by atoms with van der Waals surface area (Å²) in [6.07, 6.45) is 3.63. The van der Waals surface area contributed by atoms with Crippen LogP contribution in [-0.2, 0) is 0 Å². The molecule has 1 nitrogen and oxygen atoms in total. The smallest absolute Gasteiger partial charge is 0.0313 e. The third-order valence-electron chi connectivity index (χ3n) is 0.665. The van der Waals surface area contributed by atoms with E-state index >= 15 is 0 Å². The molecule has 0 N–H and O–H groups in total. The molecule has 0 bridgehead atoms. The lowest BCUT2D eigenvalue weighted by atomic mass is 10.5. The van der Waals surface area contributed by atoms with Gasteiger partial charge in [-0.1, -0.05) is 6.58 Å². The average Bonchev–Trinajstić information content (AvgIpc) is 1.68. The molecule has 0 amide bonds. The maximum Gasteiger partial charge on any atom is 0.0313 e. The third kappa shape index (κ3) is 3.93. The molecule has 0 rings (SSSR count). The van der Waals surface area contributed by atoms with Crippen LogP contribution in [0.25, 0.3) is 0 Å². The average molecular weight is 129 g/mol. The molecule has 0 fully saturated rings. The highest BCUT2D eigenvalue weighted by atomic mass is 32.2. The van der Waals surface area contributed by atoms with Crippen molar-refractivity contribution in [2.24, 2.45) is 4.99 Å². The Kier molecular flexibility index (Phi) is 4.76. The van der Waals surface area contributed by atoms with Crippen LogP contribution in [0.15, 0.2) is 17.8 Å². The molecule has 8 heavy (non-hydrogen) atoms. The highest BCUT2D eigenvalue weighted by Crippen LogP contribution is 1.92. The van der Waals surface area contributed by atoms with Crippen molar-refractivity contribution in [3.8, 4) is 0 Å². The highest BCUT2D eigenvalue weighted by molar-refractivity contribution is 7.99. The standard InChI is InChI=1S/C6H11NS/c1-4-7-6(2)5-8-3/h4H,1,5H2,2-3H3. The minimum atomic E-state index is 1.01. The quantitative estimate of drug-likeness (QED) is 0.530. The Balaban J connectivity index is 3.44. The van der Waals surface area contributed by atoms with Gasteiger partial charge in [-0.15, -0.1) is 0 Å². The topological polar surface area (TPSA) is 12.4 Å². The Morgan fingerprint density at radius 2 is 2.50 bits per heavy atom. The van der Waals surface area contributed by atoms with Gasteiger partial charge in [-0.2, -0.15) is 11.8 Å². The number of nitrogens with zero attached hydrogens (tertiary/aromatic N) is 1. The number of hydrogen-bond donors (Lipinski definition) is 0. The second-order valence-corrected chi connectivity index (χ2v) is 2.35. The molecule has 0 aliphatic carbocycles. The number of hydrogen-bond acceptors (Lipinski definition) is 2. The van der Waals surface area contributed by atoms with Crippen LogP contribution in [0.4, 0.5) is 0 Å². The maximum atomic E-state index is 3.97. The van der Waals surface area contributed by atoms with Gasteiger partial charge in [0.15, 0.2) is 0 Å². The molecule has 0 aromatic heterocycles. The van der Waals surface area contributed by atoms with Crippen molar-refractivity contribution in [2.45, 2.75) is 6.92 Å². The maximum absolute atomic E-state index is 3.97. The van der Waals surface area contributed by atoms with Gasteiger partial charge in [-0.25, -0.2) is 0 Å². The van der Waals surface area contributed by atoms with Crippen molar-refractivity contribution in [1.82, 2.24) is 0 Å². The van der Waals surface area contributed by atoms with Gasteiger partial charge in [-0.05, 0) is 13.2 Å². The molecular weight excluding hydrogens is 118 g/mol. The van der Waals surface area contributed by atoms with E-state index in [0.29, 0.717) is 0 Å². The molecule has 46 valence electrons. The Labute approximate surface area is 54.9 Å². The van der Waals surface area contributed by atoms with E-state index in [-0.39, 0.29) is 0 Å². The molecular formula is C6H11NS. The summed E-state index contributed by atoms with van der Waals surface area (Å²) in [6, 6.07) is 0. The minimum absolute atomic E-state index is 1.01. The van der Waals surface area contributed by atoms with E-state index in [1.54, 1.807) is 18.0 Å². The zero-order valence-electron chi connectivity index (χ0n) is 5.35. The summed E-state index contributed by atoms with van der Waals surface area (Å²) in [5.41, 5.74) is 1.13. The van der Waals surface area contributed by atoms with Gasteiger partial charge in [0, 0.05) is 17.7 Å². The van der Waals surface area contributed by atoms with Crippen LogP contribution in [0.1, 0.15) is 6.92 Å².